The molecule has 0 saturated heterocycles. The van der Waals surface area contributed by atoms with Gasteiger partial charge in [-0.2, -0.15) is 0 Å². The van der Waals surface area contributed by atoms with Gasteiger partial charge in [0.25, 0.3) is 0 Å². The first-order valence-corrected chi connectivity index (χ1v) is 11.6. The third-order valence-corrected chi connectivity index (χ3v) is 10.1. The van der Waals surface area contributed by atoms with Crippen LogP contribution >= 0.6 is 0 Å². The minimum Gasteiger partial charge on any atom is -0.550 e. The molecule has 4 nitrogen and oxygen atoms in total. The average Bonchev–Trinajstić information content (AvgIpc) is 3.00. The maximum absolute atomic E-state index is 13.6. The number of aliphatic hydroxyl groups is 1. The summed E-state index contributed by atoms with van der Waals surface area (Å²) in [5, 5.41) is 21.1. The number of hydrogen-bond acceptors (Lipinski definition) is 4. The summed E-state index contributed by atoms with van der Waals surface area (Å²) >= 11 is 0. The van der Waals surface area contributed by atoms with Crippen LogP contribution in [0.15, 0.2) is 0 Å². The van der Waals surface area contributed by atoms with Crippen molar-refractivity contribution in [2.24, 2.45) is 46.3 Å². The van der Waals surface area contributed by atoms with Gasteiger partial charge in [0.15, 0.2) is 0 Å². The molecule has 0 amide bonds. The van der Waals surface area contributed by atoms with Gasteiger partial charge in [0.1, 0.15) is 5.78 Å². The molecular weight excluding hydrogens is 375 g/mol. The van der Waals surface area contributed by atoms with E-state index in [4.69, 9.17) is 0 Å². The Bertz CT molecular complexity index is 651. The number of carbonyl (C=O) groups is 2. The predicted octanol–water partition coefficient (Wildman–Crippen LogP) is 0.355. The second kappa shape index (κ2) is 8.56. The molecule has 0 aromatic rings. The van der Waals surface area contributed by atoms with Crippen molar-refractivity contribution < 1.29 is 49.4 Å². The van der Waals surface area contributed by atoms with E-state index < -0.39 is 5.97 Å². The maximum atomic E-state index is 13.6. The van der Waals surface area contributed by atoms with Crippen molar-refractivity contribution in [3.63, 3.8) is 0 Å². The first-order chi connectivity index (χ1) is 13.2. The molecule has 9 atom stereocenters. The molecular formula is C24H37NaO4. The normalized spacial score (nSPS) is 47.4. The minimum absolute atomic E-state index is 0. The molecule has 0 spiro atoms. The van der Waals surface area contributed by atoms with Gasteiger partial charge in [-0.15, -0.1) is 0 Å². The van der Waals surface area contributed by atoms with Gasteiger partial charge in [0, 0.05) is 17.8 Å². The van der Waals surface area contributed by atoms with Crippen LogP contribution in [0.4, 0.5) is 0 Å². The number of aliphatic hydroxyl groups excluding tert-OH is 1. The summed E-state index contributed by atoms with van der Waals surface area (Å²) in [6.45, 7) is 6.76. The fraction of sp³-hybridized carbons (Fsp3) is 0.917. The van der Waals surface area contributed by atoms with E-state index in [2.05, 4.69) is 20.8 Å². The van der Waals surface area contributed by atoms with E-state index in [0.29, 0.717) is 48.2 Å². The molecule has 0 aromatic heterocycles. The molecule has 29 heavy (non-hydrogen) atoms. The Morgan fingerprint density at radius 3 is 2.59 bits per heavy atom. The number of carbonyl (C=O) groups excluding carboxylic acids is 2. The van der Waals surface area contributed by atoms with Gasteiger partial charge in [0.2, 0.25) is 0 Å². The molecule has 4 saturated carbocycles. The quantitative estimate of drug-likeness (QED) is 0.677. The zero-order valence-corrected chi connectivity index (χ0v) is 20.8. The summed E-state index contributed by atoms with van der Waals surface area (Å²) in [5.41, 5.74) is -0.0677. The van der Waals surface area contributed by atoms with E-state index in [1.54, 1.807) is 0 Å². The van der Waals surface area contributed by atoms with E-state index in [9.17, 15) is 19.8 Å². The summed E-state index contributed by atoms with van der Waals surface area (Å²) in [5.74, 6) is 2.14. The molecule has 0 aliphatic heterocycles. The van der Waals surface area contributed by atoms with E-state index in [-0.39, 0.29) is 58.8 Å². The molecule has 3 unspecified atom stereocenters. The molecule has 0 heterocycles. The fourth-order valence-corrected chi connectivity index (χ4v) is 8.43. The van der Waals surface area contributed by atoms with Crippen LogP contribution in [0.2, 0.25) is 0 Å². The van der Waals surface area contributed by atoms with Crippen LogP contribution in [0, 0.1) is 46.3 Å². The van der Waals surface area contributed by atoms with E-state index in [0.717, 1.165) is 32.1 Å². The Hall–Kier alpha value is 0.1000. The maximum Gasteiger partial charge on any atom is 1.00 e. The summed E-state index contributed by atoms with van der Waals surface area (Å²) in [6, 6.07) is 0. The van der Waals surface area contributed by atoms with Crippen molar-refractivity contribution in [3.05, 3.63) is 0 Å². The number of carboxylic acids is 1. The summed E-state index contributed by atoms with van der Waals surface area (Å²) in [4.78, 5) is 24.5. The van der Waals surface area contributed by atoms with Crippen LogP contribution in [-0.4, -0.2) is 23.0 Å². The SMILES string of the molecule is C[C@H](CCC(=O)[O-])[C@H]1CC[C@H]2[C@@H]3CCC4CC(O)CC[C@]4(C)C3CC(=O)[C@]12C.[Na+]. The molecule has 0 aromatic carbocycles. The fourth-order valence-electron chi connectivity index (χ4n) is 8.43. The van der Waals surface area contributed by atoms with Gasteiger partial charge in [-0.05, 0) is 98.7 Å². The van der Waals surface area contributed by atoms with Crippen LogP contribution in [0.25, 0.3) is 0 Å². The van der Waals surface area contributed by atoms with E-state index in [1.165, 1.54) is 12.8 Å². The number of ketones is 1. The second-order valence-electron chi connectivity index (χ2n) is 11.1. The van der Waals surface area contributed by atoms with Crippen LogP contribution < -0.4 is 34.7 Å². The van der Waals surface area contributed by atoms with E-state index >= 15 is 0 Å². The van der Waals surface area contributed by atoms with Crippen molar-refractivity contribution in [2.75, 3.05) is 0 Å². The Morgan fingerprint density at radius 1 is 1.17 bits per heavy atom. The Balaban J connectivity index is 0.00000240. The third kappa shape index (κ3) is 3.79. The monoisotopic (exact) mass is 412 g/mol. The number of Topliss-reactive ketones (excluding diaryl/α,β-unsaturated/α-hetero) is 1. The van der Waals surface area contributed by atoms with Gasteiger partial charge in [-0.25, -0.2) is 0 Å². The first-order valence-electron chi connectivity index (χ1n) is 11.6. The molecule has 0 radical (unpaired) electrons. The number of aliphatic carboxylic acids is 1. The zero-order chi connectivity index (χ0) is 20.3. The molecule has 4 aliphatic carbocycles. The van der Waals surface area contributed by atoms with Gasteiger partial charge >= 0.3 is 29.6 Å². The molecule has 158 valence electrons. The van der Waals surface area contributed by atoms with Crippen LogP contribution in [0.5, 0.6) is 0 Å². The zero-order valence-electron chi connectivity index (χ0n) is 18.8. The predicted molar refractivity (Wildman–Crippen MR) is 105 cm³/mol. The number of rotatable bonds is 4. The van der Waals surface area contributed by atoms with Gasteiger partial charge < -0.3 is 15.0 Å². The molecule has 5 heteroatoms. The standard InChI is InChI=1S/C24H38O4.Na/c1-14(4-9-22(27)28)18-7-8-19-17-6-5-15-12-16(25)10-11-23(15,2)20(17)13-21(26)24(18,19)3;/h14-20,25H,4-13H2,1-3H3,(H,27,28);/q;+1/p-1/t14-,15?,16?,17+,18-,19+,20?,23+,24-;/m1./s1. The van der Waals surface area contributed by atoms with Crippen molar-refractivity contribution in [1.29, 1.82) is 0 Å². The van der Waals surface area contributed by atoms with Crippen LogP contribution in [0.3, 0.4) is 0 Å². The Morgan fingerprint density at radius 2 is 1.90 bits per heavy atom. The molecule has 0 bridgehead atoms. The Kier molecular flexibility index (Phi) is 7.01. The molecule has 4 fully saturated rings. The number of carboxylic acid groups (broad SMARTS) is 1. The Labute approximate surface area is 197 Å². The molecule has 4 aliphatic rings. The van der Waals surface area contributed by atoms with E-state index in [1.807, 2.05) is 0 Å². The van der Waals surface area contributed by atoms with Crippen molar-refractivity contribution in [3.8, 4) is 0 Å². The third-order valence-electron chi connectivity index (χ3n) is 10.1. The van der Waals surface area contributed by atoms with Gasteiger partial charge in [0.05, 0.1) is 6.10 Å². The average molecular weight is 413 g/mol. The summed E-state index contributed by atoms with van der Waals surface area (Å²) in [6.07, 6.45) is 8.69. The summed E-state index contributed by atoms with van der Waals surface area (Å²) < 4.78 is 0. The van der Waals surface area contributed by atoms with Crippen LogP contribution in [-0.2, 0) is 9.59 Å². The molecule has 4 rings (SSSR count). The largest absolute Gasteiger partial charge is 1.00 e. The van der Waals surface area contributed by atoms with Crippen LogP contribution in [0.1, 0.15) is 85.0 Å². The topological polar surface area (TPSA) is 77.4 Å². The smallest absolute Gasteiger partial charge is 0.550 e. The second-order valence-corrected chi connectivity index (χ2v) is 11.1. The number of fused-ring (bicyclic) bond motifs is 5. The van der Waals surface area contributed by atoms with Gasteiger partial charge in [-0.1, -0.05) is 20.8 Å². The summed E-state index contributed by atoms with van der Waals surface area (Å²) in [7, 11) is 0. The van der Waals surface area contributed by atoms with Crippen molar-refractivity contribution in [1.82, 2.24) is 0 Å². The van der Waals surface area contributed by atoms with Gasteiger partial charge in [-0.3, -0.25) is 4.79 Å². The van der Waals surface area contributed by atoms with Crippen molar-refractivity contribution >= 4 is 11.8 Å². The molecule has 1 N–H and O–H groups in total. The first kappa shape index (κ1) is 23.8. The number of hydrogen-bond donors (Lipinski definition) is 1. The van der Waals surface area contributed by atoms with Crippen molar-refractivity contribution in [2.45, 2.75) is 91.1 Å². The minimum atomic E-state index is -0.979.